The summed E-state index contributed by atoms with van der Waals surface area (Å²) in [5.41, 5.74) is 7.28. The lowest BCUT2D eigenvalue weighted by atomic mass is 9.79. The van der Waals surface area contributed by atoms with Crippen LogP contribution in [0.15, 0.2) is 46.6 Å². The van der Waals surface area contributed by atoms with Gasteiger partial charge in [0.2, 0.25) is 5.96 Å². The molecule has 0 spiro atoms. The van der Waals surface area contributed by atoms with Gasteiger partial charge in [0.15, 0.2) is 0 Å². The number of aliphatic imine (C=N–C) groups is 1. The van der Waals surface area contributed by atoms with Crippen molar-refractivity contribution >= 4 is 18.0 Å². The summed E-state index contributed by atoms with van der Waals surface area (Å²) in [5.74, 6) is -0.326. The molecule has 1 unspecified atom stereocenters. The highest BCUT2D eigenvalue weighted by molar-refractivity contribution is 6.00. The number of nitrogens with zero attached hydrogens (tertiary/aromatic N) is 2. The molecule has 1 fully saturated rings. The number of carbonyl (C=O) groups is 2. The zero-order valence-electron chi connectivity index (χ0n) is 18.9. The summed E-state index contributed by atoms with van der Waals surface area (Å²) < 4.78 is 11.3. The van der Waals surface area contributed by atoms with E-state index < -0.39 is 23.7 Å². The van der Waals surface area contributed by atoms with Gasteiger partial charge in [-0.15, -0.1) is 0 Å². The predicted molar refractivity (Wildman–Crippen MR) is 119 cm³/mol. The van der Waals surface area contributed by atoms with Gasteiger partial charge < -0.3 is 15.2 Å². The molecule has 2 aliphatic rings. The zero-order chi connectivity index (χ0) is 22.6. The third-order valence-corrected chi connectivity index (χ3v) is 5.61. The Morgan fingerprint density at radius 1 is 1.13 bits per heavy atom. The topological polar surface area (TPSA) is 94.2 Å². The van der Waals surface area contributed by atoms with Crippen LogP contribution in [0.4, 0.5) is 4.79 Å². The lowest BCUT2D eigenvalue weighted by Gasteiger charge is -2.41. The van der Waals surface area contributed by atoms with E-state index in [0.717, 1.165) is 37.7 Å². The summed E-state index contributed by atoms with van der Waals surface area (Å²) >= 11 is 0. The van der Waals surface area contributed by atoms with Crippen LogP contribution in [-0.2, 0) is 20.9 Å². The molecule has 1 heterocycles. The number of benzene rings is 1. The zero-order valence-corrected chi connectivity index (χ0v) is 18.9. The molecule has 2 N–H and O–H groups in total. The SMILES string of the molecule is CC1=C(C(=O)OCc2ccccc2)C(C2CCCCC2)N(C(=O)OC(C)(C)C)C(N)=N1. The van der Waals surface area contributed by atoms with Gasteiger partial charge >= 0.3 is 12.1 Å². The minimum atomic E-state index is -0.696. The summed E-state index contributed by atoms with van der Waals surface area (Å²) in [4.78, 5) is 32.0. The van der Waals surface area contributed by atoms with E-state index in [1.165, 1.54) is 4.90 Å². The molecule has 3 rings (SSSR count). The molecule has 0 radical (unpaired) electrons. The number of guanidine groups is 1. The lowest BCUT2D eigenvalue weighted by molar-refractivity contribution is -0.141. The summed E-state index contributed by atoms with van der Waals surface area (Å²) in [6.07, 6.45) is 4.46. The molecule has 1 atom stereocenters. The molecule has 31 heavy (non-hydrogen) atoms. The van der Waals surface area contributed by atoms with Gasteiger partial charge in [-0.25, -0.2) is 19.5 Å². The van der Waals surface area contributed by atoms with E-state index in [9.17, 15) is 9.59 Å². The third kappa shape index (κ3) is 5.66. The van der Waals surface area contributed by atoms with E-state index in [0.29, 0.717) is 11.3 Å². The van der Waals surface area contributed by atoms with E-state index in [1.807, 2.05) is 30.3 Å². The minimum Gasteiger partial charge on any atom is -0.457 e. The van der Waals surface area contributed by atoms with E-state index >= 15 is 0 Å². The van der Waals surface area contributed by atoms with Crippen LogP contribution in [0, 0.1) is 5.92 Å². The monoisotopic (exact) mass is 427 g/mol. The largest absolute Gasteiger partial charge is 0.457 e. The molecule has 0 saturated heterocycles. The van der Waals surface area contributed by atoms with Crippen LogP contribution in [0.3, 0.4) is 0 Å². The van der Waals surface area contributed by atoms with Crippen molar-refractivity contribution in [3.63, 3.8) is 0 Å². The lowest BCUT2D eigenvalue weighted by Crippen LogP contribution is -2.56. The molecule has 1 aliphatic carbocycles. The quantitative estimate of drug-likeness (QED) is 0.713. The Morgan fingerprint density at radius 2 is 1.77 bits per heavy atom. The predicted octanol–water partition coefficient (Wildman–Crippen LogP) is 4.52. The number of hydrogen-bond donors (Lipinski definition) is 1. The van der Waals surface area contributed by atoms with Crippen molar-refractivity contribution in [1.29, 1.82) is 0 Å². The number of carbonyl (C=O) groups excluding carboxylic acids is 2. The molecular formula is C24H33N3O4. The fourth-order valence-corrected chi connectivity index (χ4v) is 4.26. The number of amides is 1. The van der Waals surface area contributed by atoms with Crippen molar-refractivity contribution in [1.82, 2.24) is 4.90 Å². The maximum absolute atomic E-state index is 13.2. The van der Waals surface area contributed by atoms with Crippen molar-refractivity contribution in [2.45, 2.75) is 78.0 Å². The second kappa shape index (κ2) is 9.54. The van der Waals surface area contributed by atoms with Crippen LogP contribution in [0.1, 0.15) is 65.4 Å². The first-order chi connectivity index (χ1) is 14.7. The van der Waals surface area contributed by atoms with Crippen LogP contribution >= 0.6 is 0 Å². The molecule has 1 aromatic rings. The van der Waals surface area contributed by atoms with Crippen LogP contribution in [0.2, 0.25) is 0 Å². The maximum Gasteiger partial charge on any atom is 0.417 e. The number of nitrogens with two attached hydrogens (primary N) is 1. The van der Waals surface area contributed by atoms with Crippen molar-refractivity contribution in [2.24, 2.45) is 16.6 Å². The average Bonchev–Trinajstić information content (AvgIpc) is 2.71. The fourth-order valence-electron chi connectivity index (χ4n) is 4.26. The normalized spacial score (nSPS) is 20.3. The summed E-state index contributed by atoms with van der Waals surface area (Å²) in [6, 6.07) is 8.96. The molecule has 7 nitrogen and oxygen atoms in total. The standard InChI is InChI=1S/C24H33N3O4/c1-16-19(21(28)30-15-17-11-7-5-8-12-17)20(18-13-9-6-10-14-18)27(22(25)26-16)23(29)31-24(2,3)4/h5,7-8,11-12,18,20H,6,9-10,13-15H2,1-4H3,(H2,25,26). The summed E-state index contributed by atoms with van der Waals surface area (Å²) in [5, 5.41) is 0. The molecular weight excluding hydrogens is 394 g/mol. The number of allylic oxidation sites excluding steroid dienone is 1. The van der Waals surface area contributed by atoms with Gasteiger partial charge in [-0.2, -0.15) is 0 Å². The van der Waals surface area contributed by atoms with Crippen molar-refractivity contribution in [3.8, 4) is 0 Å². The maximum atomic E-state index is 13.2. The second-order valence-electron chi connectivity index (χ2n) is 9.22. The first-order valence-electron chi connectivity index (χ1n) is 11.0. The highest BCUT2D eigenvalue weighted by Gasteiger charge is 2.44. The van der Waals surface area contributed by atoms with Gasteiger partial charge in [0.25, 0.3) is 0 Å². The van der Waals surface area contributed by atoms with Crippen LogP contribution in [-0.4, -0.2) is 34.6 Å². The third-order valence-electron chi connectivity index (χ3n) is 5.61. The number of rotatable bonds is 4. The summed E-state index contributed by atoms with van der Waals surface area (Å²) in [6.45, 7) is 7.30. The Balaban J connectivity index is 1.92. The highest BCUT2D eigenvalue weighted by atomic mass is 16.6. The van der Waals surface area contributed by atoms with E-state index in [4.69, 9.17) is 15.2 Å². The van der Waals surface area contributed by atoms with E-state index in [-0.39, 0.29) is 18.5 Å². The smallest absolute Gasteiger partial charge is 0.417 e. The minimum absolute atomic E-state index is 0.0573. The Hall–Kier alpha value is -2.83. The molecule has 0 aromatic heterocycles. The molecule has 1 amide bonds. The van der Waals surface area contributed by atoms with Crippen LogP contribution in [0.25, 0.3) is 0 Å². The Bertz CT molecular complexity index is 865. The van der Waals surface area contributed by atoms with Crippen molar-refractivity contribution < 1.29 is 19.1 Å². The van der Waals surface area contributed by atoms with Crippen molar-refractivity contribution in [3.05, 3.63) is 47.2 Å². The molecule has 0 bridgehead atoms. The van der Waals surface area contributed by atoms with Gasteiger partial charge in [-0.05, 0) is 52.0 Å². The Morgan fingerprint density at radius 3 is 2.39 bits per heavy atom. The van der Waals surface area contributed by atoms with Gasteiger partial charge in [0.1, 0.15) is 12.2 Å². The molecule has 1 aromatic carbocycles. The number of esters is 1. The Kier molecular flexibility index (Phi) is 7.03. The van der Waals surface area contributed by atoms with Crippen LogP contribution < -0.4 is 5.73 Å². The van der Waals surface area contributed by atoms with Gasteiger partial charge in [-0.3, -0.25) is 0 Å². The summed E-state index contributed by atoms with van der Waals surface area (Å²) in [7, 11) is 0. The highest BCUT2D eigenvalue weighted by Crippen LogP contribution is 2.37. The van der Waals surface area contributed by atoms with Crippen molar-refractivity contribution in [2.75, 3.05) is 0 Å². The van der Waals surface area contributed by atoms with Gasteiger partial charge in [-0.1, -0.05) is 49.6 Å². The first-order valence-corrected chi connectivity index (χ1v) is 11.0. The number of ether oxygens (including phenoxy) is 2. The van der Waals surface area contributed by atoms with Crippen LogP contribution in [0.5, 0.6) is 0 Å². The van der Waals surface area contributed by atoms with Gasteiger partial charge in [0.05, 0.1) is 17.3 Å². The Labute approximate surface area is 184 Å². The molecule has 168 valence electrons. The van der Waals surface area contributed by atoms with E-state index in [2.05, 4.69) is 4.99 Å². The number of hydrogen-bond acceptors (Lipinski definition) is 6. The molecule has 1 saturated carbocycles. The second-order valence-corrected chi connectivity index (χ2v) is 9.22. The fraction of sp³-hybridized carbons (Fsp3) is 0.542. The molecule has 1 aliphatic heterocycles. The van der Waals surface area contributed by atoms with E-state index in [1.54, 1.807) is 27.7 Å². The molecule has 7 heteroatoms. The average molecular weight is 428 g/mol. The van der Waals surface area contributed by atoms with Gasteiger partial charge in [0, 0.05) is 0 Å². The first kappa shape index (κ1) is 22.8.